The van der Waals surface area contributed by atoms with E-state index >= 15 is 0 Å². The van der Waals surface area contributed by atoms with E-state index in [9.17, 15) is 0 Å². The first-order valence-electron chi connectivity index (χ1n) is 7.15. The van der Waals surface area contributed by atoms with Gasteiger partial charge in [0.1, 0.15) is 0 Å². The highest BCUT2D eigenvalue weighted by atomic mass is 15.0. The van der Waals surface area contributed by atoms with Crippen molar-refractivity contribution in [1.29, 1.82) is 0 Å². The van der Waals surface area contributed by atoms with Gasteiger partial charge in [-0.15, -0.1) is 0 Å². The number of hydrogen-bond donors (Lipinski definition) is 2. The summed E-state index contributed by atoms with van der Waals surface area (Å²) in [5.74, 6) is 0. The van der Waals surface area contributed by atoms with Crippen molar-refractivity contribution in [3.8, 4) is 0 Å². The van der Waals surface area contributed by atoms with Gasteiger partial charge in [0.15, 0.2) is 0 Å². The zero-order valence-electron chi connectivity index (χ0n) is 13.6. The molecule has 0 aliphatic heterocycles. The summed E-state index contributed by atoms with van der Waals surface area (Å²) in [4.78, 5) is 0. The van der Waals surface area contributed by atoms with Crippen molar-refractivity contribution >= 4 is 0 Å². The Bertz CT molecular complexity index is 419. The van der Waals surface area contributed by atoms with Gasteiger partial charge < -0.3 is 10.6 Å². The molecular weight excluding hydrogens is 232 g/mol. The Balaban J connectivity index is 2.73. The van der Waals surface area contributed by atoms with E-state index in [-0.39, 0.29) is 11.0 Å². The van der Waals surface area contributed by atoms with Crippen molar-refractivity contribution in [2.75, 3.05) is 20.1 Å². The highest BCUT2D eigenvalue weighted by Crippen LogP contribution is 2.26. The van der Waals surface area contributed by atoms with Crippen molar-refractivity contribution in [2.24, 2.45) is 0 Å². The quantitative estimate of drug-likeness (QED) is 0.823. The van der Waals surface area contributed by atoms with E-state index in [1.54, 1.807) is 0 Å². The molecule has 0 aliphatic rings. The Morgan fingerprint density at radius 2 is 1.63 bits per heavy atom. The third kappa shape index (κ3) is 4.63. The molecule has 1 aromatic carbocycles. The molecule has 0 heterocycles. The summed E-state index contributed by atoms with van der Waals surface area (Å²) in [6.45, 7) is 15.4. The molecule has 2 N–H and O–H groups in total. The molecule has 0 spiro atoms. The van der Waals surface area contributed by atoms with Crippen LogP contribution in [0.3, 0.4) is 0 Å². The second kappa shape index (κ2) is 6.06. The third-order valence-corrected chi connectivity index (χ3v) is 3.93. The van der Waals surface area contributed by atoms with Crippen LogP contribution in [0.4, 0.5) is 0 Å². The number of likely N-dealkylation sites (N-methyl/N-ethyl adjacent to an activating group) is 1. The molecule has 19 heavy (non-hydrogen) atoms. The maximum atomic E-state index is 3.60. The third-order valence-electron chi connectivity index (χ3n) is 3.93. The zero-order chi connectivity index (χ0) is 14.7. The van der Waals surface area contributed by atoms with Gasteiger partial charge in [-0.3, -0.25) is 0 Å². The summed E-state index contributed by atoms with van der Waals surface area (Å²) in [6.07, 6.45) is 0. The summed E-state index contributed by atoms with van der Waals surface area (Å²) in [5, 5.41) is 6.92. The molecule has 0 fully saturated rings. The van der Waals surface area contributed by atoms with E-state index < -0.39 is 0 Å². The van der Waals surface area contributed by atoms with Crippen molar-refractivity contribution in [3.63, 3.8) is 0 Å². The predicted octanol–water partition coefficient (Wildman–Crippen LogP) is 3.17. The molecule has 0 aliphatic carbocycles. The zero-order valence-corrected chi connectivity index (χ0v) is 13.6. The summed E-state index contributed by atoms with van der Waals surface area (Å²) >= 11 is 0. The van der Waals surface area contributed by atoms with Gasteiger partial charge in [-0.25, -0.2) is 0 Å². The lowest BCUT2D eigenvalue weighted by Crippen LogP contribution is -2.48. The maximum absolute atomic E-state index is 3.60. The minimum atomic E-state index is 0.137. The largest absolute Gasteiger partial charge is 0.314 e. The van der Waals surface area contributed by atoms with Crippen LogP contribution in [0.1, 0.15) is 44.4 Å². The molecule has 0 aromatic heterocycles. The van der Waals surface area contributed by atoms with Crippen molar-refractivity contribution in [1.82, 2.24) is 10.6 Å². The Labute approximate surface area is 119 Å². The van der Waals surface area contributed by atoms with Gasteiger partial charge in [0.05, 0.1) is 0 Å². The van der Waals surface area contributed by atoms with Crippen molar-refractivity contribution in [3.05, 3.63) is 34.9 Å². The molecule has 1 aromatic rings. The summed E-state index contributed by atoms with van der Waals surface area (Å²) in [5.41, 5.74) is 4.45. The Hall–Kier alpha value is -0.860. The Kier molecular flexibility index (Phi) is 5.17. The summed E-state index contributed by atoms with van der Waals surface area (Å²) < 4.78 is 0. The first kappa shape index (κ1) is 16.2. The average Bonchev–Trinajstić information content (AvgIpc) is 2.31. The number of hydrogen-bond acceptors (Lipinski definition) is 2. The number of benzene rings is 1. The van der Waals surface area contributed by atoms with Gasteiger partial charge in [-0.1, -0.05) is 37.6 Å². The van der Waals surface area contributed by atoms with Crippen LogP contribution < -0.4 is 10.6 Å². The maximum Gasteiger partial charge on any atom is 0.0246 e. The van der Waals surface area contributed by atoms with Crippen LogP contribution in [0.2, 0.25) is 0 Å². The fraction of sp³-hybridized carbons (Fsp3) is 0.647. The standard InChI is InChI=1S/C17H30N2/c1-13-8-9-14(2)15(10-13)16(3,4)11-19-12-17(5,6)18-7/h8-10,18-19H,11-12H2,1-7H3. The first-order valence-corrected chi connectivity index (χ1v) is 7.15. The number of rotatable bonds is 6. The summed E-state index contributed by atoms with van der Waals surface area (Å²) in [6, 6.07) is 6.73. The lowest BCUT2D eigenvalue weighted by molar-refractivity contribution is 0.367. The molecular formula is C17H30N2. The fourth-order valence-corrected chi connectivity index (χ4v) is 2.34. The molecule has 0 amide bonds. The Morgan fingerprint density at radius 1 is 1.00 bits per heavy atom. The first-order chi connectivity index (χ1) is 8.68. The number of nitrogens with one attached hydrogen (secondary N) is 2. The molecule has 0 saturated carbocycles. The van der Waals surface area contributed by atoms with Crippen LogP contribution in [-0.4, -0.2) is 25.7 Å². The molecule has 0 radical (unpaired) electrons. The lowest BCUT2D eigenvalue weighted by atomic mass is 9.81. The minimum absolute atomic E-state index is 0.137. The highest BCUT2D eigenvalue weighted by Gasteiger charge is 2.23. The molecule has 0 bridgehead atoms. The average molecular weight is 262 g/mol. The normalized spacial score (nSPS) is 12.8. The van der Waals surface area contributed by atoms with E-state index in [1.807, 2.05) is 7.05 Å². The number of aryl methyl sites for hydroxylation is 2. The molecule has 0 unspecified atom stereocenters. The SMILES string of the molecule is CNC(C)(C)CNCC(C)(C)c1cc(C)ccc1C. The summed E-state index contributed by atoms with van der Waals surface area (Å²) in [7, 11) is 2.01. The van der Waals surface area contributed by atoms with Crippen LogP contribution in [0.25, 0.3) is 0 Å². The van der Waals surface area contributed by atoms with Crippen LogP contribution >= 0.6 is 0 Å². The molecule has 1 rings (SSSR count). The van der Waals surface area contributed by atoms with Gasteiger partial charge in [-0.2, -0.15) is 0 Å². The van der Waals surface area contributed by atoms with Gasteiger partial charge in [0.2, 0.25) is 0 Å². The van der Waals surface area contributed by atoms with Gasteiger partial charge in [0.25, 0.3) is 0 Å². The lowest BCUT2D eigenvalue weighted by Gasteiger charge is -2.31. The van der Waals surface area contributed by atoms with Crippen molar-refractivity contribution in [2.45, 2.75) is 52.5 Å². The van der Waals surface area contributed by atoms with Crippen molar-refractivity contribution < 1.29 is 0 Å². The fourth-order valence-electron chi connectivity index (χ4n) is 2.34. The molecule has 0 saturated heterocycles. The van der Waals surface area contributed by atoms with Crippen LogP contribution in [0.5, 0.6) is 0 Å². The molecule has 2 nitrogen and oxygen atoms in total. The highest BCUT2D eigenvalue weighted by molar-refractivity contribution is 5.36. The van der Waals surface area contributed by atoms with E-state index in [0.717, 1.165) is 13.1 Å². The molecule has 2 heteroatoms. The van der Waals surface area contributed by atoms with E-state index in [2.05, 4.69) is 70.4 Å². The predicted molar refractivity (Wildman–Crippen MR) is 85.0 cm³/mol. The molecule has 0 atom stereocenters. The Morgan fingerprint density at radius 3 is 2.21 bits per heavy atom. The van der Waals surface area contributed by atoms with E-state index in [4.69, 9.17) is 0 Å². The van der Waals surface area contributed by atoms with E-state index in [0.29, 0.717) is 0 Å². The topological polar surface area (TPSA) is 24.1 Å². The molecule has 108 valence electrons. The monoisotopic (exact) mass is 262 g/mol. The minimum Gasteiger partial charge on any atom is -0.314 e. The second-order valence-corrected chi connectivity index (χ2v) is 6.94. The van der Waals surface area contributed by atoms with Crippen LogP contribution in [0, 0.1) is 13.8 Å². The van der Waals surface area contributed by atoms with E-state index in [1.165, 1.54) is 16.7 Å². The van der Waals surface area contributed by atoms with Gasteiger partial charge in [0, 0.05) is 24.0 Å². The van der Waals surface area contributed by atoms with Crippen LogP contribution in [-0.2, 0) is 5.41 Å². The smallest absolute Gasteiger partial charge is 0.0246 e. The van der Waals surface area contributed by atoms with Gasteiger partial charge >= 0.3 is 0 Å². The van der Waals surface area contributed by atoms with Crippen LogP contribution in [0.15, 0.2) is 18.2 Å². The second-order valence-electron chi connectivity index (χ2n) is 6.94. The van der Waals surface area contributed by atoms with Gasteiger partial charge in [-0.05, 0) is 45.9 Å².